The van der Waals surface area contributed by atoms with Crippen molar-refractivity contribution in [3.8, 4) is 51.2 Å². The Balaban J connectivity index is 1.20. The Hall–Kier alpha value is -6.98. The second kappa shape index (κ2) is 11.9. The summed E-state index contributed by atoms with van der Waals surface area (Å²) < 4.78 is 2.22. The minimum Gasteiger partial charge on any atom is -0.292 e. The van der Waals surface area contributed by atoms with E-state index in [1.54, 1.807) is 0 Å². The fraction of sp³-hybridized carbons (Fsp3) is 0. The molecule has 0 aliphatic rings. The minimum absolute atomic E-state index is 0.603. The summed E-state index contributed by atoms with van der Waals surface area (Å²) in [6, 6.07) is 60.9. The molecule has 0 spiro atoms. The molecular weight excluding hydrogens is 623 g/mol. The molecule has 0 unspecified atom stereocenters. The second-order valence-corrected chi connectivity index (χ2v) is 12.7. The molecule has 0 fully saturated rings. The summed E-state index contributed by atoms with van der Waals surface area (Å²) >= 11 is 0. The zero-order valence-corrected chi connectivity index (χ0v) is 27.5. The smallest absolute Gasteiger partial charge is 0.164 e. The van der Waals surface area contributed by atoms with E-state index in [2.05, 4.69) is 126 Å². The highest BCUT2D eigenvalue weighted by molar-refractivity contribution is 6.25. The summed E-state index contributed by atoms with van der Waals surface area (Å²) in [5.74, 6) is 2.73. The van der Waals surface area contributed by atoms with Crippen LogP contribution >= 0.6 is 0 Å². The van der Waals surface area contributed by atoms with Crippen LogP contribution in [-0.2, 0) is 0 Å². The van der Waals surface area contributed by atoms with Gasteiger partial charge in [0.25, 0.3) is 0 Å². The molecule has 51 heavy (non-hydrogen) atoms. The third-order valence-electron chi connectivity index (χ3n) is 9.63. The van der Waals surface area contributed by atoms with E-state index in [1.165, 1.54) is 32.3 Å². The summed E-state index contributed by atoms with van der Waals surface area (Å²) in [7, 11) is 0. The number of para-hydroxylation sites is 1. The number of nitrogens with zero attached hydrogens (tertiary/aromatic N) is 5. The molecule has 8 aromatic carbocycles. The first-order valence-electron chi connectivity index (χ1n) is 17.1. The molecule has 0 saturated carbocycles. The van der Waals surface area contributed by atoms with Crippen LogP contribution in [0.15, 0.2) is 176 Å². The zero-order valence-electron chi connectivity index (χ0n) is 27.5. The van der Waals surface area contributed by atoms with Crippen LogP contribution in [-0.4, -0.2) is 24.5 Å². The van der Waals surface area contributed by atoms with Crippen molar-refractivity contribution in [3.05, 3.63) is 176 Å². The largest absolute Gasteiger partial charge is 0.292 e. The monoisotopic (exact) mass is 651 g/mol. The van der Waals surface area contributed by atoms with Crippen molar-refractivity contribution >= 4 is 43.4 Å². The Kier molecular flexibility index (Phi) is 6.74. The van der Waals surface area contributed by atoms with Gasteiger partial charge in [-0.25, -0.2) is 19.9 Å². The van der Waals surface area contributed by atoms with Gasteiger partial charge in [-0.3, -0.25) is 4.57 Å². The average Bonchev–Trinajstić information content (AvgIpc) is 3.61. The first kappa shape index (κ1) is 29.0. The van der Waals surface area contributed by atoms with E-state index in [0.29, 0.717) is 17.5 Å². The summed E-state index contributed by atoms with van der Waals surface area (Å²) in [6.45, 7) is 0. The Morgan fingerprint density at radius 2 is 0.765 bits per heavy atom. The fourth-order valence-electron chi connectivity index (χ4n) is 7.23. The molecule has 5 heteroatoms. The molecule has 10 rings (SSSR count). The molecule has 0 bridgehead atoms. The van der Waals surface area contributed by atoms with Gasteiger partial charge in [-0.2, -0.15) is 0 Å². The number of benzene rings is 8. The van der Waals surface area contributed by atoms with Crippen molar-refractivity contribution in [2.75, 3.05) is 0 Å². The summed E-state index contributed by atoms with van der Waals surface area (Å²) in [6.07, 6.45) is 0. The molecule has 2 heterocycles. The van der Waals surface area contributed by atoms with Crippen molar-refractivity contribution in [2.45, 2.75) is 0 Å². The van der Waals surface area contributed by atoms with Gasteiger partial charge >= 0.3 is 0 Å². The number of imidazole rings is 1. The average molecular weight is 652 g/mol. The van der Waals surface area contributed by atoms with Crippen LogP contribution in [0.5, 0.6) is 0 Å². The molecular formula is C46H29N5. The number of hydrogen-bond donors (Lipinski definition) is 0. The molecule has 0 N–H and O–H groups in total. The first-order chi connectivity index (χ1) is 25.3. The van der Waals surface area contributed by atoms with Crippen molar-refractivity contribution in [1.29, 1.82) is 0 Å². The summed E-state index contributed by atoms with van der Waals surface area (Å²) in [4.78, 5) is 20.4. The molecule has 0 aliphatic carbocycles. The topological polar surface area (TPSA) is 56.5 Å². The van der Waals surface area contributed by atoms with Crippen LogP contribution in [0.1, 0.15) is 0 Å². The number of fused-ring (bicyclic) bond motifs is 7. The maximum atomic E-state index is 5.17. The van der Waals surface area contributed by atoms with Gasteiger partial charge in [-0.15, -0.1) is 0 Å². The lowest BCUT2D eigenvalue weighted by atomic mass is 9.93. The van der Waals surface area contributed by atoms with Gasteiger partial charge in [0, 0.05) is 27.9 Å². The van der Waals surface area contributed by atoms with E-state index < -0.39 is 0 Å². The SMILES string of the molecule is c1ccc(-c2nc(-c3ccc4c5ccccc5c5ccccc5c4c3)nc(-c3ccc4nc(-c5ccccc5)n(-c5ccccc5)c4c3)n2)cc1. The van der Waals surface area contributed by atoms with E-state index in [9.17, 15) is 0 Å². The predicted molar refractivity (Wildman–Crippen MR) is 209 cm³/mol. The maximum Gasteiger partial charge on any atom is 0.164 e. The highest BCUT2D eigenvalue weighted by atomic mass is 15.1. The lowest BCUT2D eigenvalue weighted by Gasteiger charge is -2.13. The molecule has 0 atom stereocenters. The standard InChI is InChI=1S/C46H29N5/c1-4-14-30(15-5-1)43-48-44(32-24-26-39-37-22-11-10-20-35(37)36-21-12-13-23-38(36)40(39)28-32)50-45(49-43)33-25-27-41-42(29-33)51(34-18-8-3-9-19-34)46(47-41)31-16-6-2-7-17-31/h1-29H. The van der Waals surface area contributed by atoms with Gasteiger partial charge in [0.2, 0.25) is 0 Å². The van der Waals surface area contributed by atoms with Crippen molar-refractivity contribution in [3.63, 3.8) is 0 Å². The van der Waals surface area contributed by atoms with E-state index in [1.807, 2.05) is 54.6 Å². The van der Waals surface area contributed by atoms with Gasteiger partial charge in [0.15, 0.2) is 17.5 Å². The Labute approximate surface area is 294 Å². The van der Waals surface area contributed by atoms with E-state index in [0.717, 1.165) is 44.8 Å². The number of hydrogen-bond acceptors (Lipinski definition) is 4. The lowest BCUT2D eigenvalue weighted by Crippen LogP contribution is -2.01. The predicted octanol–water partition coefficient (Wildman–Crippen LogP) is 11.3. The Morgan fingerprint density at radius 1 is 0.314 bits per heavy atom. The number of aromatic nitrogens is 5. The van der Waals surface area contributed by atoms with E-state index >= 15 is 0 Å². The van der Waals surface area contributed by atoms with E-state index in [-0.39, 0.29) is 0 Å². The van der Waals surface area contributed by atoms with Gasteiger partial charge in [0.1, 0.15) is 5.82 Å². The highest BCUT2D eigenvalue weighted by Crippen LogP contribution is 2.37. The Morgan fingerprint density at radius 3 is 1.37 bits per heavy atom. The fourth-order valence-corrected chi connectivity index (χ4v) is 7.23. The second-order valence-electron chi connectivity index (χ2n) is 12.7. The highest BCUT2D eigenvalue weighted by Gasteiger charge is 2.18. The third kappa shape index (κ3) is 4.94. The van der Waals surface area contributed by atoms with Crippen molar-refractivity contribution < 1.29 is 0 Å². The van der Waals surface area contributed by atoms with Crippen LogP contribution in [0.2, 0.25) is 0 Å². The molecule has 10 aromatic rings. The van der Waals surface area contributed by atoms with Crippen LogP contribution in [0.3, 0.4) is 0 Å². The van der Waals surface area contributed by atoms with Crippen molar-refractivity contribution in [2.24, 2.45) is 0 Å². The normalized spacial score (nSPS) is 11.5. The van der Waals surface area contributed by atoms with Gasteiger partial charge in [0.05, 0.1) is 11.0 Å². The Bertz CT molecular complexity index is 2860. The third-order valence-corrected chi connectivity index (χ3v) is 9.63. The van der Waals surface area contributed by atoms with Gasteiger partial charge in [-0.1, -0.05) is 140 Å². The van der Waals surface area contributed by atoms with Gasteiger partial charge < -0.3 is 0 Å². The lowest BCUT2D eigenvalue weighted by molar-refractivity contribution is 1.07. The van der Waals surface area contributed by atoms with Gasteiger partial charge in [-0.05, 0) is 68.7 Å². The van der Waals surface area contributed by atoms with Crippen LogP contribution < -0.4 is 0 Å². The van der Waals surface area contributed by atoms with E-state index in [4.69, 9.17) is 19.9 Å². The van der Waals surface area contributed by atoms with Crippen molar-refractivity contribution in [1.82, 2.24) is 24.5 Å². The van der Waals surface area contributed by atoms with Crippen LogP contribution in [0.4, 0.5) is 0 Å². The molecule has 0 saturated heterocycles. The molecule has 0 radical (unpaired) electrons. The molecule has 0 amide bonds. The zero-order chi connectivity index (χ0) is 33.7. The molecule has 238 valence electrons. The molecule has 5 nitrogen and oxygen atoms in total. The first-order valence-corrected chi connectivity index (χ1v) is 17.1. The molecule has 2 aromatic heterocycles. The van der Waals surface area contributed by atoms with Crippen LogP contribution in [0.25, 0.3) is 94.6 Å². The maximum absolute atomic E-state index is 5.17. The number of rotatable bonds is 5. The van der Waals surface area contributed by atoms with Crippen LogP contribution in [0, 0.1) is 0 Å². The summed E-state index contributed by atoms with van der Waals surface area (Å²) in [5, 5.41) is 7.31. The molecule has 0 aliphatic heterocycles. The summed E-state index contributed by atoms with van der Waals surface area (Å²) in [5.41, 5.74) is 6.71. The quantitative estimate of drug-likeness (QED) is 0.174. The minimum atomic E-state index is 0.603.